The maximum absolute atomic E-state index is 11.1. The Hall–Kier alpha value is -1.72. The Morgan fingerprint density at radius 2 is 1.88 bits per heavy atom. The Balaban J connectivity index is 2.80. The molecule has 0 saturated heterocycles. The molecule has 0 radical (unpaired) electrons. The van der Waals surface area contributed by atoms with Crippen LogP contribution in [0.5, 0.6) is 0 Å². The van der Waals surface area contributed by atoms with Crippen molar-refractivity contribution in [3.63, 3.8) is 0 Å². The molecule has 0 saturated carbocycles. The Morgan fingerprint density at radius 1 is 1.18 bits per heavy atom. The molecule has 4 nitrogen and oxygen atoms in total. The largest absolute Gasteiger partial charge is 0.303 e. The van der Waals surface area contributed by atoms with Crippen molar-refractivity contribution in [3.8, 4) is 0 Å². The summed E-state index contributed by atoms with van der Waals surface area (Å²) >= 11 is 0. The van der Waals surface area contributed by atoms with Crippen LogP contribution in [-0.4, -0.2) is 19.3 Å². The normalized spacial score (nSPS) is 11.6. The fraction of sp³-hybridized carbons (Fsp3) is 0.0833. The number of rotatable bonds is 3. The van der Waals surface area contributed by atoms with E-state index in [-0.39, 0.29) is 11.3 Å². The molecule has 2 aromatic carbocycles. The van der Waals surface area contributed by atoms with Crippen molar-refractivity contribution in [2.45, 2.75) is 11.3 Å². The lowest BCUT2D eigenvalue weighted by Crippen LogP contribution is -2.00. The van der Waals surface area contributed by atoms with Crippen molar-refractivity contribution in [2.75, 3.05) is 0 Å². The molecule has 2 aromatic rings. The number of benzene rings is 2. The predicted octanol–water partition coefficient (Wildman–Crippen LogP) is 1.83. The zero-order chi connectivity index (χ0) is 12.5. The van der Waals surface area contributed by atoms with Crippen molar-refractivity contribution in [1.29, 1.82) is 0 Å². The molecule has 1 N–H and O–H groups in total. The molecule has 0 unspecified atom stereocenters. The van der Waals surface area contributed by atoms with E-state index in [0.717, 1.165) is 5.39 Å². The lowest BCUT2D eigenvalue weighted by Gasteiger charge is -2.06. The van der Waals surface area contributed by atoms with Gasteiger partial charge in [0.2, 0.25) is 0 Å². The molecule has 0 spiro atoms. The van der Waals surface area contributed by atoms with Gasteiger partial charge in [0.25, 0.3) is 10.1 Å². The van der Waals surface area contributed by atoms with Gasteiger partial charge in [-0.05, 0) is 28.5 Å². The van der Waals surface area contributed by atoms with E-state index >= 15 is 0 Å². The Kier molecular flexibility index (Phi) is 2.95. The van der Waals surface area contributed by atoms with Crippen LogP contribution in [0.15, 0.2) is 41.3 Å². The monoisotopic (exact) mass is 250 g/mol. The highest BCUT2D eigenvalue weighted by Crippen LogP contribution is 2.23. The first kappa shape index (κ1) is 11.8. The first-order chi connectivity index (χ1) is 8.02. The van der Waals surface area contributed by atoms with E-state index in [1.54, 1.807) is 12.1 Å². The molecule has 17 heavy (non-hydrogen) atoms. The number of hydrogen-bond acceptors (Lipinski definition) is 3. The van der Waals surface area contributed by atoms with Crippen LogP contribution in [0, 0.1) is 0 Å². The first-order valence-electron chi connectivity index (χ1n) is 4.95. The molecule has 2 rings (SSSR count). The minimum atomic E-state index is -4.25. The summed E-state index contributed by atoms with van der Waals surface area (Å²) in [6.07, 6.45) is 0.819. The average molecular weight is 250 g/mol. The van der Waals surface area contributed by atoms with Crippen molar-refractivity contribution in [3.05, 3.63) is 42.0 Å². The summed E-state index contributed by atoms with van der Waals surface area (Å²) in [4.78, 5) is 10.4. The standard InChI is InChI=1S/C12H10O4S/c13-6-5-10-8-11(17(14,15)16)7-9-3-1-2-4-12(9)10/h1-4,6-8H,5H2,(H,14,15,16). The highest BCUT2D eigenvalue weighted by Gasteiger charge is 2.12. The molecule has 5 heteroatoms. The van der Waals surface area contributed by atoms with Crippen molar-refractivity contribution < 1.29 is 17.8 Å². The van der Waals surface area contributed by atoms with Gasteiger partial charge in [-0.15, -0.1) is 0 Å². The summed E-state index contributed by atoms with van der Waals surface area (Å²) in [7, 11) is -4.25. The lowest BCUT2D eigenvalue weighted by atomic mass is 10.0. The average Bonchev–Trinajstić information content (AvgIpc) is 2.28. The van der Waals surface area contributed by atoms with Gasteiger partial charge < -0.3 is 4.79 Å². The number of hydrogen-bond donors (Lipinski definition) is 1. The molecule has 0 fully saturated rings. The van der Waals surface area contributed by atoms with Gasteiger partial charge >= 0.3 is 0 Å². The molecule has 0 heterocycles. The van der Waals surface area contributed by atoms with Gasteiger partial charge in [-0.3, -0.25) is 4.55 Å². The van der Waals surface area contributed by atoms with Crippen LogP contribution in [0.2, 0.25) is 0 Å². The van der Waals surface area contributed by atoms with Gasteiger partial charge in [0.15, 0.2) is 0 Å². The van der Waals surface area contributed by atoms with Crippen LogP contribution >= 0.6 is 0 Å². The first-order valence-corrected chi connectivity index (χ1v) is 6.39. The molecule has 0 aliphatic carbocycles. The van der Waals surface area contributed by atoms with Crippen LogP contribution in [0.3, 0.4) is 0 Å². The second kappa shape index (κ2) is 4.27. The summed E-state index contributed by atoms with van der Waals surface area (Å²) in [6, 6.07) is 9.83. The fourth-order valence-corrected chi connectivity index (χ4v) is 2.33. The van der Waals surface area contributed by atoms with Gasteiger partial charge in [-0.2, -0.15) is 8.42 Å². The van der Waals surface area contributed by atoms with E-state index in [9.17, 15) is 13.2 Å². The topological polar surface area (TPSA) is 71.4 Å². The van der Waals surface area contributed by atoms with Crippen LogP contribution in [0.4, 0.5) is 0 Å². The molecule has 0 atom stereocenters. The number of carbonyl (C=O) groups is 1. The summed E-state index contributed by atoms with van der Waals surface area (Å²) < 4.78 is 31.2. The van der Waals surface area contributed by atoms with Crippen LogP contribution < -0.4 is 0 Å². The predicted molar refractivity (Wildman–Crippen MR) is 63.5 cm³/mol. The van der Waals surface area contributed by atoms with E-state index < -0.39 is 10.1 Å². The van der Waals surface area contributed by atoms with Crippen molar-refractivity contribution in [2.24, 2.45) is 0 Å². The SMILES string of the molecule is O=CCc1cc(S(=O)(=O)O)cc2ccccc12. The van der Waals surface area contributed by atoms with E-state index in [2.05, 4.69) is 0 Å². The molecular formula is C12H10O4S. The highest BCUT2D eigenvalue weighted by molar-refractivity contribution is 7.85. The van der Waals surface area contributed by atoms with Gasteiger partial charge in [0, 0.05) is 6.42 Å². The van der Waals surface area contributed by atoms with Crippen LogP contribution in [0.1, 0.15) is 5.56 Å². The Bertz CT molecular complexity index is 674. The smallest absolute Gasteiger partial charge is 0.294 e. The fourth-order valence-electron chi connectivity index (χ4n) is 1.77. The third kappa shape index (κ3) is 2.35. The van der Waals surface area contributed by atoms with Gasteiger partial charge in [-0.25, -0.2) is 0 Å². The van der Waals surface area contributed by atoms with E-state index in [0.29, 0.717) is 17.2 Å². The molecular weight excluding hydrogens is 240 g/mol. The minimum absolute atomic E-state index is 0.115. The quantitative estimate of drug-likeness (QED) is 0.666. The molecule has 0 aliphatic heterocycles. The number of aldehydes is 1. The van der Waals surface area contributed by atoms with Crippen molar-refractivity contribution >= 4 is 27.2 Å². The molecule has 0 bridgehead atoms. The summed E-state index contributed by atoms with van der Waals surface area (Å²) in [5.41, 5.74) is 0.589. The van der Waals surface area contributed by atoms with Crippen LogP contribution in [0.25, 0.3) is 10.8 Å². The third-order valence-electron chi connectivity index (χ3n) is 2.52. The summed E-state index contributed by atoms with van der Waals surface area (Å²) in [5.74, 6) is 0. The van der Waals surface area contributed by atoms with Gasteiger partial charge in [0.1, 0.15) is 6.29 Å². The second-order valence-electron chi connectivity index (χ2n) is 3.65. The summed E-state index contributed by atoms with van der Waals surface area (Å²) in [5, 5.41) is 1.49. The molecule has 88 valence electrons. The van der Waals surface area contributed by atoms with Crippen molar-refractivity contribution in [1.82, 2.24) is 0 Å². The van der Waals surface area contributed by atoms with Gasteiger partial charge in [-0.1, -0.05) is 24.3 Å². The molecule has 0 aromatic heterocycles. The zero-order valence-electron chi connectivity index (χ0n) is 8.83. The van der Waals surface area contributed by atoms with Gasteiger partial charge in [0.05, 0.1) is 4.90 Å². The molecule has 0 aliphatic rings. The number of carbonyl (C=O) groups excluding carboxylic acids is 1. The Labute approximate surface area is 98.6 Å². The zero-order valence-corrected chi connectivity index (χ0v) is 9.65. The third-order valence-corrected chi connectivity index (χ3v) is 3.35. The molecule has 0 amide bonds. The maximum atomic E-state index is 11.1. The maximum Gasteiger partial charge on any atom is 0.294 e. The second-order valence-corrected chi connectivity index (χ2v) is 5.07. The van der Waals surface area contributed by atoms with E-state index in [1.165, 1.54) is 12.1 Å². The lowest BCUT2D eigenvalue weighted by molar-refractivity contribution is -0.107. The van der Waals surface area contributed by atoms with Crippen LogP contribution in [-0.2, 0) is 21.3 Å². The summed E-state index contributed by atoms with van der Waals surface area (Å²) in [6.45, 7) is 0. The minimum Gasteiger partial charge on any atom is -0.303 e. The van der Waals surface area contributed by atoms with E-state index in [4.69, 9.17) is 4.55 Å². The highest BCUT2D eigenvalue weighted by atomic mass is 32.2. The van der Waals surface area contributed by atoms with E-state index in [1.807, 2.05) is 12.1 Å². The Morgan fingerprint density at radius 3 is 2.53 bits per heavy atom. The number of fused-ring (bicyclic) bond motifs is 1.